The second kappa shape index (κ2) is 7.14. The maximum Gasteiger partial charge on any atom is 0.349 e. The van der Waals surface area contributed by atoms with Crippen LogP contribution in [0.2, 0.25) is 0 Å². The number of thiophene rings is 1. The molecule has 4 aromatic rings. The maximum atomic E-state index is 12.7. The van der Waals surface area contributed by atoms with Gasteiger partial charge in [0.05, 0.1) is 5.56 Å². The minimum Gasteiger partial charge on any atom is -0.422 e. The number of nitriles is 1. The molecule has 5 nitrogen and oxygen atoms in total. The molecule has 0 saturated carbocycles. The number of benzene rings is 2. The van der Waals surface area contributed by atoms with E-state index in [1.807, 2.05) is 37.3 Å². The Kier molecular flexibility index (Phi) is 4.52. The summed E-state index contributed by atoms with van der Waals surface area (Å²) >= 11 is 1.31. The Hall–Kier alpha value is -3.69. The highest BCUT2D eigenvalue weighted by Crippen LogP contribution is 2.39. The topological polar surface area (TPSA) is 83.1 Å². The molecule has 136 valence electrons. The molecule has 0 unspecified atom stereocenters. The van der Waals surface area contributed by atoms with E-state index in [2.05, 4.69) is 11.4 Å². The summed E-state index contributed by atoms with van der Waals surface area (Å²) < 4.78 is 5.23. The summed E-state index contributed by atoms with van der Waals surface area (Å²) in [5.41, 5.74) is 1.67. The quantitative estimate of drug-likeness (QED) is 0.505. The van der Waals surface area contributed by atoms with Gasteiger partial charge in [0.1, 0.15) is 22.2 Å². The smallest absolute Gasteiger partial charge is 0.349 e. The summed E-state index contributed by atoms with van der Waals surface area (Å²) in [6.45, 7) is 1.90. The summed E-state index contributed by atoms with van der Waals surface area (Å²) in [6.07, 6.45) is 0. The first-order valence-corrected chi connectivity index (χ1v) is 9.33. The Morgan fingerprint density at radius 1 is 1.11 bits per heavy atom. The number of nitrogens with zero attached hydrogens (tertiary/aromatic N) is 1. The van der Waals surface area contributed by atoms with Crippen molar-refractivity contribution in [3.63, 3.8) is 0 Å². The Morgan fingerprint density at radius 2 is 1.82 bits per heavy atom. The van der Waals surface area contributed by atoms with Gasteiger partial charge in [0.2, 0.25) is 0 Å². The van der Waals surface area contributed by atoms with Crippen molar-refractivity contribution in [1.82, 2.24) is 0 Å². The standard InChI is InChI=1S/C22H14N2O3S/c1-13-19(14-7-3-2-4-8-14)17(12-23)21(28-13)24-20(25)16-11-15-9-5-6-10-18(15)27-22(16)26/h2-11H,1H3,(H,24,25). The van der Waals surface area contributed by atoms with Gasteiger partial charge in [-0.2, -0.15) is 5.26 Å². The third kappa shape index (κ3) is 3.08. The van der Waals surface area contributed by atoms with Crippen molar-refractivity contribution in [2.75, 3.05) is 5.32 Å². The number of amides is 1. The van der Waals surface area contributed by atoms with Crippen LogP contribution in [0.15, 0.2) is 69.9 Å². The largest absolute Gasteiger partial charge is 0.422 e. The summed E-state index contributed by atoms with van der Waals surface area (Å²) in [4.78, 5) is 25.9. The van der Waals surface area contributed by atoms with E-state index in [1.165, 1.54) is 17.4 Å². The fraction of sp³-hybridized carbons (Fsp3) is 0.0455. The van der Waals surface area contributed by atoms with Crippen molar-refractivity contribution in [2.24, 2.45) is 0 Å². The number of para-hydroxylation sites is 1. The molecule has 6 heteroatoms. The van der Waals surface area contributed by atoms with Crippen LogP contribution in [-0.4, -0.2) is 5.91 Å². The fourth-order valence-electron chi connectivity index (χ4n) is 3.08. The molecule has 1 amide bonds. The van der Waals surface area contributed by atoms with Gasteiger partial charge >= 0.3 is 5.63 Å². The first kappa shape index (κ1) is 17.7. The molecule has 0 radical (unpaired) electrons. The SMILES string of the molecule is Cc1sc(NC(=O)c2cc3ccccc3oc2=O)c(C#N)c1-c1ccccc1. The van der Waals surface area contributed by atoms with Crippen LogP contribution in [0.5, 0.6) is 0 Å². The van der Waals surface area contributed by atoms with E-state index in [1.54, 1.807) is 24.3 Å². The molecule has 0 aliphatic heterocycles. The highest BCUT2D eigenvalue weighted by Gasteiger charge is 2.21. The summed E-state index contributed by atoms with van der Waals surface area (Å²) in [7, 11) is 0. The molecule has 4 rings (SSSR count). The molecular formula is C22H14N2O3S. The summed E-state index contributed by atoms with van der Waals surface area (Å²) in [5.74, 6) is -0.600. The lowest BCUT2D eigenvalue weighted by molar-refractivity contribution is 0.102. The van der Waals surface area contributed by atoms with Crippen molar-refractivity contribution in [3.05, 3.63) is 87.1 Å². The van der Waals surface area contributed by atoms with Crippen LogP contribution in [0.1, 0.15) is 20.8 Å². The lowest BCUT2D eigenvalue weighted by atomic mass is 10.0. The highest BCUT2D eigenvalue weighted by molar-refractivity contribution is 7.17. The Morgan fingerprint density at radius 3 is 2.57 bits per heavy atom. The zero-order chi connectivity index (χ0) is 19.7. The highest BCUT2D eigenvalue weighted by atomic mass is 32.1. The first-order valence-electron chi connectivity index (χ1n) is 8.51. The van der Waals surface area contributed by atoms with Crippen molar-refractivity contribution in [2.45, 2.75) is 6.92 Å². The minimum atomic E-state index is -0.716. The number of anilines is 1. The van der Waals surface area contributed by atoms with E-state index in [0.717, 1.165) is 16.0 Å². The maximum absolute atomic E-state index is 12.7. The van der Waals surface area contributed by atoms with Crippen LogP contribution in [0.4, 0.5) is 5.00 Å². The summed E-state index contributed by atoms with van der Waals surface area (Å²) in [6, 6.07) is 20.2. The van der Waals surface area contributed by atoms with Crippen molar-refractivity contribution >= 4 is 33.2 Å². The van der Waals surface area contributed by atoms with E-state index in [9.17, 15) is 14.9 Å². The number of carbonyl (C=O) groups is 1. The number of fused-ring (bicyclic) bond motifs is 1. The van der Waals surface area contributed by atoms with Crippen LogP contribution in [0.25, 0.3) is 22.1 Å². The Labute approximate surface area is 164 Å². The molecule has 2 aromatic carbocycles. The minimum absolute atomic E-state index is 0.102. The molecule has 2 heterocycles. The van der Waals surface area contributed by atoms with Crippen molar-refractivity contribution in [3.8, 4) is 17.2 Å². The molecule has 0 saturated heterocycles. The van der Waals surface area contributed by atoms with E-state index in [4.69, 9.17) is 4.42 Å². The number of hydrogen-bond acceptors (Lipinski definition) is 5. The van der Waals surface area contributed by atoms with Gasteiger partial charge in [-0.05, 0) is 24.6 Å². The lowest BCUT2D eigenvalue weighted by Crippen LogP contribution is -2.20. The van der Waals surface area contributed by atoms with Gasteiger partial charge in [0, 0.05) is 15.8 Å². The van der Waals surface area contributed by atoms with Gasteiger partial charge in [-0.1, -0.05) is 48.5 Å². The van der Waals surface area contributed by atoms with Crippen LogP contribution in [-0.2, 0) is 0 Å². The Bertz CT molecular complexity index is 1300. The fourth-order valence-corrected chi connectivity index (χ4v) is 4.10. The summed E-state index contributed by atoms with van der Waals surface area (Å²) in [5, 5.41) is 13.5. The van der Waals surface area contributed by atoms with Gasteiger partial charge < -0.3 is 9.73 Å². The van der Waals surface area contributed by atoms with Gasteiger partial charge in [-0.15, -0.1) is 11.3 Å². The molecular weight excluding hydrogens is 372 g/mol. The molecule has 28 heavy (non-hydrogen) atoms. The van der Waals surface area contributed by atoms with Gasteiger partial charge in [-0.25, -0.2) is 4.79 Å². The molecule has 0 atom stereocenters. The van der Waals surface area contributed by atoms with Crippen molar-refractivity contribution in [1.29, 1.82) is 5.26 Å². The van der Waals surface area contributed by atoms with Gasteiger partial charge in [0.15, 0.2) is 0 Å². The first-order chi connectivity index (χ1) is 13.6. The lowest BCUT2D eigenvalue weighted by Gasteiger charge is -2.05. The van der Waals surface area contributed by atoms with E-state index < -0.39 is 11.5 Å². The second-order valence-electron chi connectivity index (χ2n) is 6.15. The molecule has 2 aromatic heterocycles. The number of hydrogen-bond donors (Lipinski definition) is 1. The monoisotopic (exact) mass is 386 g/mol. The number of nitrogens with one attached hydrogen (secondary N) is 1. The third-order valence-corrected chi connectivity index (χ3v) is 5.39. The predicted octanol–water partition coefficient (Wildman–Crippen LogP) is 4.95. The van der Waals surface area contributed by atoms with E-state index >= 15 is 0 Å². The van der Waals surface area contributed by atoms with Crippen molar-refractivity contribution < 1.29 is 9.21 Å². The molecule has 1 N–H and O–H groups in total. The van der Waals surface area contributed by atoms with Gasteiger partial charge in [-0.3, -0.25) is 4.79 Å². The number of carbonyl (C=O) groups excluding carboxylic acids is 1. The average Bonchev–Trinajstić information content (AvgIpc) is 3.02. The number of rotatable bonds is 3. The second-order valence-corrected chi connectivity index (χ2v) is 7.38. The zero-order valence-corrected chi connectivity index (χ0v) is 15.7. The van der Waals surface area contributed by atoms with E-state index in [0.29, 0.717) is 21.5 Å². The normalized spacial score (nSPS) is 10.6. The Balaban J connectivity index is 1.74. The van der Waals surface area contributed by atoms with Crippen LogP contribution >= 0.6 is 11.3 Å². The average molecular weight is 386 g/mol. The molecule has 0 fully saturated rings. The van der Waals surface area contributed by atoms with E-state index in [-0.39, 0.29) is 5.56 Å². The molecule has 0 bridgehead atoms. The van der Waals surface area contributed by atoms with Crippen LogP contribution in [0, 0.1) is 18.3 Å². The zero-order valence-electron chi connectivity index (χ0n) is 14.9. The third-order valence-electron chi connectivity index (χ3n) is 4.37. The molecule has 0 aliphatic carbocycles. The molecule has 0 aliphatic rings. The molecule has 0 spiro atoms. The van der Waals surface area contributed by atoms with Gasteiger partial charge in [0.25, 0.3) is 5.91 Å². The van der Waals surface area contributed by atoms with Crippen LogP contribution in [0.3, 0.4) is 0 Å². The number of aryl methyl sites for hydroxylation is 1. The van der Waals surface area contributed by atoms with Crippen LogP contribution < -0.4 is 10.9 Å². The predicted molar refractivity (Wildman–Crippen MR) is 110 cm³/mol.